The van der Waals surface area contributed by atoms with E-state index in [2.05, 4.69) is 57.6 Å². The van der Waals surface area contributed by atoms with Crippen LogP contribution < -0.4 is 14.9 Å². The number of nitrogens with zero attached hydrogens (tertiary/aromatic N) is 1. The smallest absolute Gasteiger partial charge is 0.244 e. The lowest BCUT2D eigenvalue weighted by molar-refractivity contribution is -0.120. The molecule has 0 atom stereocenters. The first-order chi connectivity index (χ1) is 17.4. The molecule has 0 heterocycles. The number of carbonyl (C=O) groups excluding carboxylic acids is 1. The van der Waals surface area contributed by atoms with Gasteiger partial charge in [-0.2, -0.15) is 5.10 Å². The van der Waals surface area contributed by atoms with Crippen LogP contribution in [0.15, 0.2) is 82.4 Å². The third kappa shape index (κ3) is 6.32. The van der Waals surface area contributed by atoms with E-state index in [1.807, 2.05) is 62.4 Å². The summed E-state index contributed by atoms with van der Waals surface area (Å²) >= 11 is 3.61. The number of rotatable bonds is 9. The molecule has 0 saturated heterocycles. The Hall–Kier alpha value is -3.64. The van der Waals surface area contributed by atoms with Crippen LogP contribution in [0.25, 0.3) is 10.8 Å². The quantitative estimate of drug-likeness (QED) is 0.184. The van der Waals surface area contributed by atoms with Crippen LogP contribution in [-0.2, 0) is 17.8 Å². The molecule has 4 rings (SSSR count). The molecule has 0 bridgehead atoms. The number of fused-ring (bicyclic) bond motifs is 1. The number of benzene rings is 4. The lowest BCUT2D eigenvalue weighted by Crippen LogP contribution is -2.19. The van der Waals surface area contributed by atoms with Crippen LogP contribution in [0.3, 0.4) is 0 Å². The second-order valence-electron chi connectivity index (χ2n) is 8.58. The number of halogens is 1. The number of amides is 1. The van der Waals surface area contributed by atoms with Gasteiger partial charge in [0.25, 0.3) is 0 Å². The summed E-state index contributed by atoms with van der Waals surface area (Å²) in [6.07, 6.45) is 1.87. The Bertz CT molecular complexity index is 1410. The van der Waals surface area contributed by atoms with Crippen LogP contribution in [-0.4, -0.2) is 18.7 Å². The maximum atomic E-state index is 12.3. The van der Waals surface area contributed by atoms with E-state index in [9.17, 15) is 4.79 Å². The number of hydrogen-bond donors (Lipinski definition) is 1. The van der Waals surface area contributed by atoms with Crippen molar-refractivity contribution >= 4 is 38.8 Å². The summed E-state index contributed by atoms with van der Waals surface area (Å²) in [6.45, 7) is 6.92. The molecular formula is C30H29BrN2O3. The van der Waals surface area contributed by atoms with Crippen molar-refractivity contribution in [2.45, 2.75) is 33.8 Å². The summed E-state index contributed by atoms with van der Waals surface area (Å²) < 4.78 is 12.8. The number of nitrogens with one attached hydrogen (secondary N) is 1. The van der Waals surface area contributed by atoms with Crippen molar-refractivity contribution in [3.05, 3.63) is 105 Å². The van der Waals surface area contributed by atoms with Crippen molar-refractivity contribution in [3.63, 3.8) is 0 Å². The van der Waals surface area contributed by atoms with Gasteiger partial charge in [0.05, 0.1) is 23.7 Å². The minimum Gasteiger partial charge on any atom is -0.490 e. The zero-order valence-corrected chi connectivity index (χ0v) is 22.3. The van der Waals surface area contributed by atoms with Gasteiger partial charge in [0.15, 0.2) is 11.5 Å². The average Bonchev–Trinajstić information content (AvgIpc) is 2.86. The van der Waals surface area contributed by atoms with Crippen LogP contribution in [0, 0.1) is 13.8 Å². The molecule has 0 fully saturated rings. The highest BCUT2D eigenvalue weighted by molar-refractivity contribution is 9.10. The highest BCUT2D eigenvalue weighted by atomic mass is 79.9. The number of hydrogen-bond acceptors (Lipinski definition) is 4. The Balaban J connectivity index is 1.45. The molecule has 0 unspecified atom stereocenters. The third-order valence-electron chi connectivity index (χ3n) is 5.92. The maximum Gasteiger partial charge on any atom is 0.244 e. The minimum absolute atomic E-state index is 0.173. The van der Waals surface area contributed by atoms with Crippen molar-refractivity contribution in [2.75, 3.05) is 6.61 Å². The first kappa shape index (κ1) is 25.5. The molecule has 6 heteroatoms. The second-order valence-corrected chi connectivity index (χ2v) is 9.43. The Morgan fingerprint density at radius 3 is 2.58 bits per heavy atom. The van der Waals surface area contributed by atoms with Gasteiger partial charge < -0.3 is 9.47 Å². The molecule has 1 N–H and O–H groups in total. The Labute approximate surface area is 220 Å². The number of carbonyl (C=O) groups is 1. The molecule has 1 amide bonds. The first-order valence-electron chi connectivity index (χ1n) is 11.9. The highest BCUT2D eigenvalue weighted by Crippen LogP contribution is 2.37. The van der Waals surface area contributed by atoms with Crippen LogP contribution in [0.1, 0.15) is 34.7 Å². The lowest BCUT2D eigenvalue weighted by atomic mass is 10.0. The molecule has 4 aromatic rings. The van der Waals surface area contributed by atoms with Crippen molar-refractivity contribution in [3.8, 4) is 11.5 Å². The minimum atomic E-state index is -0.173. The van der Waals surface area contributed by atoms with Gasteiger partial charge in [-0.15, -0.1) is 0 Å². The van der Waals surface area contributed by atoms with E-state index in [-0.39, 0.29) is 12.3 Å². The standard InChI is InChI=1S/C30H29BrN2O3/c1-4-35-28-16-23(18-32-33-29(34)17-22-13-12-20(2)21(3)14-22)15-27(31)30(28)36-19-25-10-7-9-24-8-5-6-11-26(24)25/h5-16,18H,4,17,19H2,1-3H3,(H,33,34)/b32-18-. The fourth-order valence-corrected chi connectivity index (χ4v) is 4.53. The van der Waals surface area contributed by atoms with E-state index in [0.717, 1.165) is 26.5 Å². The second kappa shape index (κ2) is 11.9. The molecule has 0 aliphatic carbocycles. The molecule has 0 spiro atoms. The molecule has 0 radical (unpaired) electrons. The molecule has 5 nitrogen and oxygen atoms in total. The Morgan fingerprint density at radius 1 is 0.972 bits per heavy atom. The summed E-state index contributed by atoms with van der Waals surface area (Å²) in [7, 11) is 0. The predicted octanol–water partition coefficient (Wildman–Crippen LogP) is 6.89. The van der Waals surface area contributed by atoms with E-state index < -0.39 is 0 Å². The van der Waals surface area contributed by atoms with Gasteiger partial charge in [-0.1, -0.05) is 60.7 Å². The SMILES string of the molecule is CCOc1cc(/C=N\NC(=O)Cc2ccc(C)c(C)c2)cc(Br)c1OCc1cccc2ccccc12. The number of hydrazone groups is 1. The van der Waals surface area contributed by atoms with E-state index in [4.69, 9.17) is 9.47 Å². The largest absolute Gasteiger partial charge is 0.490 e. The zero-order chi connectivity index (χ0) is 25.5. The highest BCUT2D eigenvalue weighted by Gasteiger charge is 2.13. The molecule has 0 aromatic heterocycles. The zero-order valence-electron chi connectivity index (χ0n) is 20.7. The molecule has 0 aliphatic rings. The van der Waals surface area contributed by atoms with Gasteiger partial charge >= 0.3 is 0 Å². The van der Waals surface area contributed by atoms with Crippen LogP contribution in [0.5, 0.6) is 11.5 Å². The summed E-state index contributed by atoms with van der Waals surface area (Å²) in [5.74, 6) is 1.06. The molecule has 36 heavy (non-hydrogen) atoms. The van der Waals surface area contributed by atoms with E-state index in [1.165, 1.54) is 16.5 Å². The fourth-order valence-electron chi connectivity index (χ4n) is 3.95. The van der Waals surface area contributed by atoms with Crippen LogP contribution >= 0.6 is 15.9 Å². The molecule has 4 aromatic carbocycles. The first-order valence-corrected chi connectivity index (χ1v) is 12.7. The molecular weight excluding hydrogens is 516 g/mol. The predicted molar refractivity (Wildman–Crippen MR) is 149 cm³/mol. The molecule has 0 aliphatic heterocycles. The van der Waals surface area contributed by atoms with E-state index >= 15 is 0 Å². The van der Waals surface area contributed by atoms with Crippen molar-refractivity contribution in [1.82, 2.24) is 5.43 Å². The summed E-state index contributed by atoms with van der Waals surface area (Å²) in [5, 5.41) is 6.47. The van der Waals surface area contributed by atoms with Gasteiger partial charge in [-0.25, -0.2) is 5.43 Å². The van der Waals surface area contributed by atoms with Gasteiger partial charge in [0.2, 0.25) is 5.91 Å². The average molecular weight is 545 g/mol. The normalized spacial score (nSPS) is 11.1. The van der Waals surface area contributed by atoms with Crippen molar-refractivity contribution < 1.29 is 14.3 Å². The summed E-state index contributed by atoms with van der Waals surface area (Å²) in [4.78, 5) is 12.3. The maximum absolute atomic E-state index is 12.3. The van der Waals surface area contributed by atoms with E-state index in [1.54, 1.807) is 6.21 Å². The topological polar surface area (TPSA) is 59.9 Å². The van der Waals surface area contributed by atoms with Crippen LogP contribution in [0.4, 0.5) is 0 Å². The third-order valence-corrected chi connectivity index (χ3v) is 6.51. The van der Waals surface area contributed by atoms with Crippen molar-refractivity contribution in [1.29, 1.82) is 0 Å². The number of ether oxygens (including phenoxy) is 2. The fraction of sp³-hybridized carbons (Fsp3) is 0.200. The summed E-state index contributed by atoms with van der Waals surface area (Å²) in [6, 6.07) is 24.2. The number of aryl methyl sites for hydroxylation is 2. The Kier molecular flexibility index (Phi) is 8.39. The van der Waals surface area contributed by atoms with Gasteiger partial charge in [-0.05, 0) is 87.4 Å². The van der Waals surface area contributed by atoms with Gasteiger partial charge in [0, 0.05) is 0 Å². The molecule has 184 valence electrons. The van der Waals surface area contributed by atoms with E-state index in [0.29, 0.717) is 24.7 Å². The van der Waals surface area contributed by atoms with Gasteiger partial charge in [-0.3, -0.25) is 4.79 Å². The van der Waals surface area contributed by atoms with Crippen LogP contribution in [0.2, 0.25) is 0 Å². The lowest BCUT2D eigenvalue weighted by Gasteiger charge is -2.15. The Morgan fingerprint density at radius 2 is 1.78 bits per heavy atom. The molecule has 0 saturated carbocycles. The van der Waals surface area contributed by atoms with Gasteiger partial charge in [0.1, 0.15) is 6.61 Å². The monoisotopic (exact) mass is 544 g/mol. The summed E-state index contributed by atoms with van der Waals surface area (Å²) in [5.41, 5.74) is 7.81. The van der Waals surface area contributed by atoms with Crippen molar-refractivity contribution in [2.24, 2.45) is 5.10 Å².